The van der Waals surface area contributed by atoms with Crippen molar-refractivity contribution < 1.29 is 9.21 Å². The first kappa shape index (κ1) is 13.1. The van der Waals surface area contributed by atoms with Gasteiger partial charge in [0.15, 0.2) is 0 Å². The average molecular weight is 301 g/mol. The summed E-state index contributed by atoms with van der Waals surface area (Å²) in [5.41, 5.74) is 1.02. The summed E-state index contributed by atoms with van der Waals surface area (Å²) in [7, 11) is 0. The molecule has 0 spiro atoms. The van der Waals surface area contributed by atoms with E-state index in [9.17, 15) is 4.79 Å². The van der Waals surface area contributed by atoms with E-state index in [4.69, 9.17) is 16.6 Å². The number of nitrogens with one attached hydrogen (secondary N) is 1. The highest BCUT2D eigenvalue weighted by Gasteiger charge is 2.24. The molecule has 1 saturated heterocycles. The Balaban J connectivity index is 1.88. The highest BCUT2D eigenvalue weighted by Crippen LogP contribution is 2.30. The van der Waals surface area contributed by atoms with Crippen molar-refractivity contribution in [3.8, 4) is 11.3 Å². The van der Waals surface area contributed by atoms with Crippen LogP contribution in [0.15, 0.2) is 51.8 Å². The van der Waals surface area contributed by atoms with E-state index in [0.717, 1.165) is 22.5 Å². The third-order valence-electron chi connectivity index (χ3n) is 2.90. The van der Waals surface area contributed by atoms with Crippen molar-refractivity contribution in [2.75, 3.05) is 0 Å². The van der Waals surface area contributed by atoms with Crippen molar-refractivity contribution in [3.63, 3.8) is 0 Å². The molecule has 5 heteroatoms. The van der Waals surface area contributed by atoms with Crippen molar-refractivity contribution in [2.45, 2.75) is 6.04 Å². The molecule has 3 rings (SSSR count). The topological polar surface area (TPSA) is 42.2 Å². The average Bonchev–Trinajstić information content (AvgIpc) is 3.07. The van der Waals surface area contributed by atoms with E-state index in [1.165, 1.54) is 11.8 Å². The predicted octanol–water partition coefficient (Wildman–Crippen LogP) is 3.48. The Bertz CT molecular complexity index is 676. The summed E-state index contributed by atoms with van der Waals surface area (Å²) in [6.45, 7) is 0. The number of carbonyl (C=O) groups is 1. The second-order valence-corrected chi connectivity index (χ2v) is 6.01. The van der Waals surface area contributed by atoms with E-state index in [2.05, 4.69) is 5.32 Å². The third-order valence-corrected chi connectivity index (χ3v) is 4.17. The summed E-state index contributed by atoms with van der Waals surface area (Å²) in [6, 6.07) is 13.3. The van der Waals surface area contributed by atoms with Crippen LogP contribution in [0.4, 0.5) is 0 Å². The molecule has 0 bridgehead atoms. The molecule has 0 radical (unpaired) electrons. The Hall–Kier alpha value is -1.85. The fraction of sp³-hybridized carbons (Fsp3) is 0.0667. The number of carbonyl (C=O) groups excluding carboxylic acids is 1. The van der Waals surface area contributed by atoms with Gasteiger partial charge in [0.1, 0.15) is 28.2 Å². The molecule has 1 aromatic carbocycles. The van der Waals surface area contributed by atoms with E-state index in [0.29, 0.717) is 10.1 Å². The number of hydrogen-bond donors (Lipinski definition) is 1. The molecule has 0 amide bonds. The SMILES string of the molecule is O=CC1NC(=S)SC1=Cc1ccc(-c2ccccc2)o1. The second kappa shape index (κ2) is 5.64. The van der Waals surface area contributed by atoms with E-state index >= 15 is 0 Å². The second-order valence-electron chi connectivity index (χ2n) is 4.26. The van der Waals surface area contributed by atoms with Gasteiger partial charge in [0.25, 0.3) is 0 Å². The molecule has 1 N–H and O–H groups in total. The van der Waals surface area contributed by atoms with Crippen LogP contribution >= 0.6 is 24.0 Å². The van der Waals surface area contributed by atoms with Gasteiger partial charge in [-0.05, 0) is 18.2 Å². The summed E-state index contributed by atoms with van der Waals surface area (Å²) in [4.78, 5) is 11.8. The van der Waals surface area contributed by atoms with Gasteiger partial charge in [-0.1, -0.05) is 54.3 Å². The maximum absolute atomic E-state index is 11.0. The third kappa shape index (κ3) is 2.69. The molecule has 1 fully saturated rings. The Labute approximate surface area is 126 Å². The predicted molar refractivity (Wildman–Crippen MR) is 85.3 cm³/mol. The molecular weight excluding hydrogens is 290 g/mol. The molecular formula is C15H11NO2S2. The first-order chi connectivity index (χ1) is 9.76. The van der Waals surface area contributed by atoms with Crippen LogP contribution < -0.4 is 5.32 Å². The molecule has 1 aliphatic rings. The number of thioether (sulfide) groups is 1. The molecule has 1 unspecified atom stereocenters. The normalized spacial score (nSPS) is 20.1. The van der Waals surface area contributed by atoms with Gasteiger partial charge in [0.05, 0.1) is 0 Å². The Kier molecular flexibility index (Phi) is 3.71. The van der Waals surface area contributed by atoms with Crippen LogP contribution in [0.2, 0.25) is 0 Å². The highest BCUT2D eigenvalue weighted by molar-refractivity contribution is 8.26. The minimum absolute atomic E-state index is 0.363. The van der Waals surface area contributed by atoms with Crippen molar-refractivity contribution in [1.29, 1.82) is 0 Å². The quantitative estimate of drug-likeness (QED) is 0.694. The van der Waals surface area contributed by atoms with Gasteiger partial charge in [-0.25, -0.2) is 0 Å². The highest BCUT2D eigenvalue weighted by atomic mass is 32.2. The molecule has 2 heterocycles. The summed E-state index contributed by atoms with van der Waals surface area (Å²) in [6.07, 6.45) is 2.70. The van der Waals surface area contributed by atoms with Crippen LogP contribution in [0.25, 0.3) is 17.4 Å². The zero-order chi connectivity index (χ0) is 13.9. The molecule has 1 aliphatic heterocycles. The lowest BCUT2D eigenvalue weighted by Gasteiger charge is -2.00. The van der Waals surface area contributed by atoms with Crippen LogP contribution in [0.1, 0.15) is 5.76 Å². The summed E-state index contributed by atoms with van der Waals surface area (Å²) in [5.74, 6) is 1.52. The fourth-order valence-electron chi connectivity index (χ4n) is 1.95. The van der Waals surface area contributed by atoms with Gasteiger partial charge in [-0.2, -0.15) is 0 Å². The number of benzene rings is 1. The maximum Gasteiger partial charge on any atom is 0.147 e. The number of hydrogen-bond acceptors (Lipinski definition) is 4. The number of rotatable bonds is 3. The molecule has 0 saturated carbocycles. The standard InChI is InChI=1S/C15H11NO2S2/c17-9-12-14(20-15(19)16-12)8-11-6-7-13(18-11)10-4-2-1-3-5-10/h1-9,12H,(H,16,19). The zero-order valence-corrected chi connectivity index (χ0v) is 12.0. The molecule has 100 valence electrons. The first-order valence-corrected chi connectivity index (χ1v) is 7.29. The summed E-state index contributed by atoms with van der Waals surface area (Å²) in [5, 5.41) is 2.93. The maximum atomic E-state index is 11.0. The van der Waals surface area contributed by atoms with Gasteiger partial charge in [-0.15, -0.1) is 0 Å². The summed E-state index contributed by atoms with van der Waals surface area (Å²) >= 11 is 6.45. The Morgan fingerprint density at radius 3 is 2.75 bits per heavy atom. The first-order valence-electron chi connectivity index (χ1n) is 6.07. The Morgan fingerprint density at radius 2 is 2.00 bits per heavy atom. The van der Waals surface area contributed by atoms with E-state index in [1.807, 2.05) is 48.5 Å². The number of thiocarbonyl (C=S) groups is 1. The van der Waals surface area contributed by atoms with Crippen molar-refractivity contribution >= 4 is 40.7 Å². The van der Waals surface area contributed by atoms with Crippen LogP contribution in [-0.4, -0.2) is 16.6 Å². The fourth-order valence-corrected chi connectivity index (χ4v) is 3.18. The monoisotopic (exact) mass is 301 g/mol. The zero-order valence-electron chi connectivity index (χ0n) is 10.4. The minimum atomic E-state index is -0.363. The van der Waals surface area contributed by atoms with Crippen LogP contribution in [0.5, 0.6) is 0 Å². The lowest BCUT2D eigenvalue weighted by molar-refractivity contribution is -0.108. The Morgan fingerprint density at radius 1 is 1.20 bits per heavy atom. The molecule has 1 aromatic heterocycles. The smallest absolute Gasteiger partial charge is 0.147 e. The lowest BCUT2D eigenvalue weighted by atomic mass is 10.2. The van der Waals surface area contributed by atoms with Crippen LogP contribution in [-0.2, 0) is 4.79 Å². The molecule has 20 heavy (non-hydrogen) atoms. The largest absolute Gasteiger partial charge is 0.457 e. The minimum Gasteiger partial charge on any atom is -0.457 e. The van der Waals surface area contributed by atoms with Crippen molar-refractivity contribution in [1.82, 2.24) is 5.32 Å². The molecule has 0 aliphatic carbocycles. The van der Waals surface area contributed by atoms with Crippen molar-refractivity contribution in [3.05, 3.63) is 53.1 Å². The number of furan rings is 1. The molecule has 3 nitrogen and oxygen atoms in total. The lowest BCUT2D eigenvalue weighted by Crippen LogP contribution is -2.26. The van der Waals surface area contributed by atoms with E-state index < -0.39 is 0 Å². The van der Waals surface area contributed by atoms with Crippen LogP contribution in [0, 0.1) is 0 Å². The summed E-state index contributed by atoms with van der Waals surface area (Å²) < 4.78 is 6.40. The number of aldehydes is 1. The molecule has 2 aromatic rings. The van der Waals surface area contributed by atoms with Crippen molar-refractivity contribution in [2.24, 2.45) is 0 Å². The van der Waals surface area contributed by atoms with E-state index in [1.54, 1.807) is 0 Å². The van der Waals surface area contributed by atoms with Crippen LogP contribution in [0.3, 0.4) is 0 Å². The van der Waals surface area contributed by atoms with Gasteiger partial charge in [0.2, 0.25) is 0 Å². The van der Waals surface area contributed by atoms with Gasteiger partial charge in [-0.3, -0.25) is 0 Å². The molecule has 1 atom stereocenters. The van der Waals surface area contributed by atoms with Gasteiger partial charge >= 0.3 is 0 Å². The van der Waals surface area contributed by atoms with Gasteiger partial charge < -0.3 is 14.5 Å². The van der Waals surface area contributed by atoms with Gasteiger partial charge in [0, 0.05) is 10.5 Å². The van der Waals surface area contributed by atoms with E-state index in [-0.39, 0.29) is 6.04 Å².